The summed E-state index contributed by atoms with van der Waals surface area (Å²) in [4.78, 5) is 14.7. The number of nitrogens with zero attached hydrogens (tertiary/aromatic N) is 2. The highest BCUT2D eigenvalue weighted by Crippen LogP contribution is 2.23. The van der Waals surface area contributed by atoms with Crippen molar-refractivity contribution in [2.45, 2.75) is 43.7 Å². The van der Waals surface area contributed by atoms with Gasteiger partial charge in [-0.3, -0.25) is 9.69 Å². The molecule has 28 heavy (non-hydrogen) atoms. The molecule has 0 radical (unpaired) electrons. The van der Waals surface area contributed by atoms with Gasteiger partial charge < -0.3 is 9.73 Å². The number of amides is 1. The van der Waals surface area contributed by atoms with Crippen molar-refractivity contribution < 1.29 is 17.6 Å². The van der Waals surface area contributed by atoms with Crippen LogP contribution in [0.15, 0.2) is 52.0 Å². The van der Waals surface area contributed by atoms with Crippen LogP contribution < -0.4 is 5.32 Å². The van der Waals surface area contributed by atoms with Crippen LogP contribution in [0.25, 0.3) is 0 Å². The standard InChI is InChI=1S/C20H27N3O4S/c1-16(22(2)15-18-9-7-13-27-18)20(24)21-17-8-6-10-19(14-17)28(25,26)23-11-4-3-5-12-23/h6-10,13-14,16H,3-5,11-12,15H2,1-2H3,(H,21,24). The number of nitrogens with one attached hydrogen (secondary N) is 1. The second-order valence-corrected chi connectivity index (χ2v) is 9.09. The van der Waals surface area contributed by atoms with Crippen LogP contribution in [0.1, 0.15) is 31.9 Å². The number of piperidine rings is 1. The summed E-state index contributed by atoms with van der Waals surface area (Å²) in [5.74, 6) is 0.568. The van der Waals surface area contributed by atoms with Crippen molar-refractivity contribution in [3.05, 3.63) is 48.4 Å². The molecule has 7 nitrogen and oxygen atoms in total. The number of rotatable bonds is 7. The molecule has 1 atom stereocenters. The number of benzene rings is 1. The van der Waals surface area contributed by atoms with Gasteiger partial charge in [-0.1, -0.05) is 12.5 Å². The number of hydrogen-bond donors (Lipinski definition) is 1. The fraction of sp³-hybridized carbons (Fsp3) is 0.450. The van der Waals surface area contributed by atoms with Crippen molar-refractivity contribution in [3.63, 3.8) is 0 Å². The predicted molar refractivity (Wildman–Crippen MR) is 107 cm³/mol. The Labute approximate surface area is 166 Å². The molecule has 1 aromatic carbocycles. The number of carbonyl (C=O) groups excluding carboxylic acids is 1. The Morgan fingerprint density at radius 2 is 1.96 bits per heavy atom. The Kier molecular flexibility index (Phi) is 6.53. The molecule has 2 heterocycles. The van der Waals surface area contributed by atoms with Crippen molar-refractivity contribution in [3.8, 4) is 0 Å². The van der Waals surface area contributed by atoms with E-state index in [2.05, 4.69) is 5.32 Å². The van der Waals surface area contributed by atoms with E-state index in [0.29, 0.717) is 25.3 Å². The lowest BCUT2D eigenvalue weighted by molar-refractivity contribution is -0.120. The van der Waals surface area contributed by atoms with Gasteiger partial charge >= 0.3 is 0 Å². The molecule has 152 valence electrons. The normalized spacial score (nSPS) is 16.8. The van der Waals surface area contributed by atoms with Crippen LogP contribution in [0.5, 0.6) is 0 Å². The smallest absolute Gasteiger partial charge is 0.243 e. The summed E-state index contributed by atoms with van der Waals surface area (Å²) in [6, 6.07) is 9.72. The van der Waals surface area contributed by atoms with E-state index in [0.717, 1.165) is 25.0 Å². The second-order valence-electron chi connectivity index (χ2n) is 7.15. The maximum atomic E-state index is 12.8. The van der Waals surface area contributed by atoms with E-state index in [9.17, 15) is 13.2 Å². The van der Waals surface area contributed by atoms with Crippen LogP contribution >= 0.6 is 0 Å². The molecule has 1 saturated heterocycles. The zero-order chi connectivity index (χ0) is 20.1. The molecule has 0 bridgehead atoms. The molecule has 8 heteroatoms. The zero-order valence-electron chi connectivity index (χ0n) is 16.3. The molecule has 0 spiro atoms. The zero-order valence-corrected chi connectivity index (χ0v) is 17.1. The van der Waals surface area contributed by atoms with E-state index < -0.39 is 16.1 Å². The maximum absolute atomic E-state index is 12.8. The third kappa shape index (κ3) is 4.81. The fourth-order valence-electron chi connectivity index (χ4n) is 3.22. The summed E-state index contributed by atoms with van der Waals surface area (Å²) in [5.41, 5.74) is 0.473. The summed E-state index contributed by atoms with van der Waals surface area (Å²) in [7, 11) is -1.69. The molecule has 0 aliphatic carbocycles. The molecule has 1 fully saturated rings. The van der Waals surface area contributed by atoms with Gasteiger partial charge in [-0.15, -0.1) is 0 Å². The number of sulfonamides is 1. The van der Waals surface area contributed by atoms with E-state index in [1.165, 1.54) is 10.4 Å². The number of hydrogen-bond acceptors (Lipinski definition) is 5. The Hall–Kier alpha value is -2.16. The van der Waals surface area contributed by atoms with Gasteiger partial charge in [0, 0.05) is 18.8 Å². The minimum atomic E-state index is -3.53. The molecule has 1 amide bonds. The van der Waals surface area contributed by atoms with E-state index in [-0.39, 0.29) is 10.8 Å². The van der Waals surface area contributed by atoms with Gasteiger partial charge in [0.05, 0.1) is 23.7 Å². The van der Waals surface area contributed by atoms with Gasteiger partial charge in [-0.2, -0.15) is 4.31 Å². The fourth-order valence-corrected chi connectivity index (χ4v) is 4.78. The van der Waals surface area contributed by atoms with Crippen molar-refractivity contribution >= 4 is 21.6 Å². The van der Waals surface area contributed by atoms with Crippen molar-refractivity contribution in [2.75, 3.05) is 25.5 Å². The average molecular weight is 406 g/mol. The quantitative estimate of drug-likeness (QED) is 0.766. The van der Waals surface area contributed by atoms with Crippen LogP contribution in [-0.4, -0.2) is 49.7 Å². The molecular formula is C20H27N3O4S. The highest BCUT2D eigenvalue weighted by Gasteiger charge is 2.26. The molecule has 1 aliphatic rings. The molecule has 1 aliphatic heterocycles. The Morgan fingerprint density at radius 1 is 1.21 bits per heavy atom. The highest BCUT2D eigenvalue weighted by atomic mass is 32.2. The Balaban J connectivity index is 1.67. The first kappa shape index (κ1) is 20.6. The highest BCUT2D eigenvalue weighted by molar-refractivity contribution is 7.89. The largest absolute Gasteiger partial charge is 0.468 e. The maximum Gasteiger partial charge on any atom is 0.243 e. The lowest BCUT2D eigenvalue weighted by Gasteiger charge is -2.26. The average Bonchev–Trinajstić information content (AvgIpc) is 3.21. The van der Waals surface area contributed by atoms with Gasteiger partial charge in [0.25, 0.3) is 0 Å². The molecule has 2 aromatic rings. The monoisotopic (exact) mass is 405 g/mol. The SMILES string of the molecule is CC(C(=O)Nc1cccc(S(=O)(=O)N2CCCCC2)c1)N(C)Cc1ccco1. The second kappa shape index (κ2) is 8.89. The lowest BCUT2D eigenvalue weighted by Crippen LogP contribution is -2.39. The van der Waals surface area contributed by atoms with Gasteiger partial charge in [-0.05, 0) is 57.1 Å². The summed E-state index contributed by atoms with van der Waals surface area (Å²) in [5, 5.41) is 2.82. The third-order valence-electron chi connectivity index (χ3n) is 5.08. The predicted octanol–water partition coefficient (Wildman–Crippen LogP) is 2.91. The minimum Gasteiger partial charge on any atom is -0.468 e. The van der Waals surface area contributed by atoms with E-state index >= 15 is 0 Å². The molecule has 1 aromatic heterocycles. The molecule has 1 N–H and O–H groups in total. The lowest BCUT2D eigenvalue weighted by atomic mass is 10.2. The Morgan fingerprint density at radius 3 is 2.64 bits per heavy atom. The van der Waals surface area contributed by atoms with Gasteiger partial charge in [0.15, 0.2) is 0 Å². The number of likely N-dealkylation sites (N-methyl/N-ethyl adjacent to an activating group) is 1. The Bertz CT molecular complexity index is 890. The van der Waals surface area contributed by atoms with E-state index in [4.69, 9.17) is 4.42 Å². The molecular weight excluding hydrogens is 378 g/mol. The van der Waals surface area contributed by atoms with Crippen molar-refractivity contribution in [1.29, 1.82) is 0 Å². The summed E-state index contributed by atoms with van der Waals surface area (Å²) in [6.45, 7) is 3.40. The van der Waals surface area contributed by atoms with E-state index in [1.807, 2.05) is 24.1 Å². The number of furan rings is 1. The molecule has 1 unspecified atom stereocenters. The van der Waals surface area contributed by atoms with Crippen LogP contribution in [0.2, 0.25) is 0 Å². The van der Waals surface area contributed by atoms with Crippen LogP contribution in [-0.2, 0) is 21.4 Å². The topological polar surface area (TPSA) is 82.9 Å². The van der Waals surface area contributed by atoms with Gasteiger partial charge in [0.2, 0.25) is 15.9 Å². The number of anilines is 1. The molecule has 3 rings (SSSR count). The number of carbonyl (C=O) groups is 1. The van der Waals surface area contributed by atoms with Crippen molar-refractivity contribution in [2.24, 2.45) is 0 Å². The van der Waals surface area contributed by atoms with Gasteiger partial charge in [-0.25, -0.2) is 8.42 Å². The summed E-state index contributed by atoms with van der Waals surface area (Å²) in [6.07, 6.45) is 4.43. The van der Waals surface area contributed by atoms with Crippen LogP contribution in [0.4, 0.5) is 5.69 Å². The first-order valence-corrected chi connectivity index (χ1v) is 11.0. The summed E-state index contributed by atoms with van der Waals surface area (Å²) >= 11 is 0. The first-order chi connectivity index (χ1) is 13.4. The summed E-state index contributed by atoms with van der Waals surface area (Å²) < 4.78 is 32.5. The van der Waals surface area contributed by atoms with E-state index in [1.54, 1.807) is 31.4 Å². The van der Waals surface area contributed by atoms with Crippen LogP contribution in [0, 0.1) is 0 Å². The molecule has 0 saturated carbocycles. The third-order valence-corrected chi connectivity index (χ3v) is 6.97. The van der Waals surface area contributed by atoms with Crippen molar-refractivity contribution in [1.82, 2.24) is 9.21 Å². The van der Waals surface area contributed by atoms with Gasteiger partial charge in [0.1, 0.15) is 5.76 Å². The minimum absolute atomic E-state index is 0.207. The van der Waals surface area contributed by atoms with Crippen LogP contribution in [0.3, 0.4) is 0 Å². The first-order valence-electron chi connectivity index (χ1n) is 9.51.